The van der Waals surface area contributed by atoms with Gasteiger partial charge in [0.05, 0.1) is 37.7 Å². The van der Waals surface area contributed by atoms with Gasteiger partial charge < -0.3 is 60.5 Å². The zero-order valence-corrected chi connectivity index (χ0v) is 58.8. The molecule has 522 valence electrons. The van der Waals surface area contributed by atoms with Crippen LogP contribution in [0, 0.1) is 29.1 Å². The molecular formula is C70H98ClN13O12. The van der Waals surface area contributed by atoms with Crippen LogP contribution in [0.2, 0.25) is 5.02 Å². The molecule has 0 aliphatic carbocycles. The molecule has 2 fully saturated rings. The Morgan fingerprint density at radius 1 is 0.542 bits per heavy atom. The highest BCUT2D eigenvalue weighted by atomic mass is 35.5. The lowest BCUT2D eigenvalue weighted by atomic mass is 9.97. The molecule has 9 atom stereocenters. The molecule has 26 heteroatoms. The standard InChI is InChI=1S/C70H98ClN13O12/c1-15-45(6)62-70(96)79(10)41-60(87)77(8)42-61(88)81(12)56(37-48-26-28-51(71)29-27-48)68(94)78(9)40-58(85)73-52(35-49-24-21-25-50(34-49)39-72)64(90)74-53(32-43(2)3)66(92)83(14)57(36-47-22-17-16-18-23-47)69(95)82(13)55(33-44(4)5)65(91)75-54(67(93)84-30-19-20-31-84)38-59(86)80(11)46(7)63(89)76-62/h16-18,21-29,34,43-46,52-57,62H,15,19-20,30-33,35-38,40-42H2,1-14H3,(H,73,85)(H,74,90)(H,75,91)(H,76,89)/t45-,46-,52-,53-,54?,55-,56-,57-,62-/m0/s1. The molecule has 0 aromatic heterocycles. The van der Waals surface area contributed by atoms with Crippen LogP contribution in [-0.2, 0) is 76.8 Å². The van der Waals surface area contributed by atoms with Crippen LogP contribution >= 0.6 is 11.6 Å². The predicted molar refractivity (Wildman–Crippen MR) is 361 cm³/mol. The maximum absolute atomic E-state index is 15.5. The third-order valence-electron chi connectivity index (χ3n) is 18.0. The maximum atomic E-state index is 15.5. The molecule has 5 rings (SSSR count). The highest BCUT2D eigenvalue weighted by molar-refractivity contribution is 6.30. The first-order valence-electron chi connectivity index (χ1n) is 32.8. The van der Waals surface area contributed by atoms with E-state index in [2.05, 4.69) is 27.3 Å². The van der Waals surface area contributed by atoms with E-state index in [4.69, 9.17) is 11.6 Å². The monoisotopic (exact) mass is 1350 g/mol. The molecule has 4 N–H and O–H groups in total. The molecule has 0 bridgehead atoms. The number of hydrogen-bond donors (Lipinski definition) is 4. The number of nitrogens with zero attached hydrogens (tertiary/aromatic N) is 9. The average molecular weight is 1350 g/mol. The van der Waals surface area contributed by atoms with Crippen LogP contribution in [0.5, 0.6) is 0 Å². The summed E-state index contributed by atoms with van der Waals surface area (Å²) in [5, 5.41) is 21.5. The number of likely N-dealkylation sites (N-methyl/N-ethyl adjacent to an activating group) is 7. The number of amides is 12. The number of carbonyl (C=O) groups is 12. The molecule has 2 heterocycles. The number of nitrogens with one attached hydrogen (secondary N) is 4. The van der Waals surface area contributed by atoms with Crippen molar-refractivity contribution in [1.82, 2.24) is 60.5 Å². The van der Waals surface area contributed by atoms with Crippen LogP contribution in [0.25, 0.3) is 0 Å². The first kappa shape index (κ1) is 77.8. The van der Waals surface area contributed by atoms with Gasteiger partial charge >= 0.3 is 0 Å². The second-order valence-corrected chi connectivity index (χ2v) is 26.9. The van der Waals surface area contributed by atoms with E-state index >= 15 is 14.4 Å². The van der Waals surface area contributed by atoms with Gasteiger partial charge in [0.15, 0.2) is 0 Å². The Morgan fingerprint density at radius 3 is 1.70 bits per heavy atom. The molecular weight excluding hydrogens is 1250 g/mol. The summed E-state index contributed by atoms with van der Waals surface area (Å²) >= 11 is 6.23. The second kappa shape index (κ2) is 36.3. The second-order valence-electron chi connectivity index (χ2n) is 26.4. The van der Waals surface area contributed by atoms with Crippen LogP contribution in [0.15, 0.2) is 78.9 Å². The summed E-state index contributed by atoms with van der Waals surface area (Å²) in [5.41, 5.74) is 1.95. The largest absolute Gasteiger partial charge is 0.342 e. The molecule has 2 saturated heterocycles. The summed E-state index contributed by atoms with van der Waals surface area (Å²) < 4.78 is 0. The number of halogens is 1. The quantitative estimate of drug-likeness (QED) is 0.192. The van der Waals surface area contributed by atoms with Crippen molar-refractivity contribution >= 4 is 82.5 Å². The fourth-order valence-corrected chi connectivity index (χ4v) is 11.7. The molecule has 2 aliphatic rings. The predicted octanol–water partition coefficient (Wildman–Crippen LogP) is 3.05. The minimum absolute atomic E-state index is 0.0432. The van der Waals surface area contributed by atoms with Crippen molar-refractivity contribution in [2.45, 2.75) is 155 Å². The van der Waals surface area contributed by atoms with Gasteiger partial charge in [-0.3, -0.25) is 57.5 Å². The van der Waals surface area contributed by atoms with E-state index in [1.165, 1.54) is 66.1 Å². The first-order valence-corrected chi connectivity index (χ1v) is 33.2. The summed E-state index contributed by atoms with van der Waals surface area (Å²) in [5.74, 6) is -9.48. The third kappa shape index (κ3) is 21.8. The number of hydrogen-bond acceptors (Lipinski definition) is 13. The number of carbonyl (C=O) groups excluding carboxylic acids is 12. The Morgan fingerprint density at radius 2 is 1.10 bits per heavy atom. The Kier molecular flexibility index (Phi) is 29.4. The van der Waals surface area contributed by atoms with Gasteiger partial charge in [0, 0.05) is 86.7 Å². The molecule has 1 unspecified atom stereocenters. The van der Waals surface area contributed by atoms with Gasteiger partial charge in [-0.1, -0.05) is 114 Å². The smallest absolute Gasteiger partial charge is 0.246 e. The first-order chi connectivity index (χ1) is 45.3. The minimum atomic E-state index is -1.47. The fourth-order valence-electron chi connectivity index (χ4n) is 11.6. The Balaban J connectivity index is 1.64. The van der Waals surface area contributed by atoms with Crippen LogP contribution < -0.4 is 21.3 Å². The molecule has 96 heavy (non-hydrogen) atoms. The van der Waals surface area contributed by atoms with E-state index in [-0.39, 0.29) is 49.5 Å². The molecule has 0 saturated carbocycles. The van der Waals surface area contributed by atoms with Crippen molar-refractivity contribution in [2.75, 3.05) is 82.1 Å². The van der Waals surface area contributed by atoms with E-state index in [0.717, 1.165) is 24.5 Å². The number of likely N-dealkylation sites (tertiary alicyclic amines) is 1. The zero-order valence-electron chi connectivity index (χ0n) is 58.1. The van der Waals surface area contributed by atoms with Crippen molar-refractivity contribution in [1.29, 1.82) is 5.26 Å². The Labute approximate surface area is 569 Å². The summed E-state index contributed by atoms with van der Waals surface area (Å²) in [6.07, 6.45) is 0.930. The third-order valence-corrected chi connectivity index (χ3v) is 18.2. The van der Waals surface area contributed by atoms with Gasteiger partial charge in [0.1, 0.15) is 48.3 Å². The molecule has 3 aromatic rings. The molecule has 12 amide bonds. The zero-order chi connectivity index (χ0) is 71.4. The molecule has 0 spiro atoms. The van der Waals surface area contributed by atoms with Crippen LogP contribution in [-0.4, -0.2) is 240 Å². The molecule has 25 nitrogen and oxygen atoms in total. The summed E-state index contributed by atoms with van der Waals surface area (Å²) in [4.78, 5) is 185. The normalized spacial score (nSPS) is 23.6. The lowest BCUT2D eigenvalue weighted by Gasteiger charge is -2.37. The van der Waals surface area contributed by atoms with Crippen molar-refractivity contribution < 1.29 is 57.5 Å². The van der Waals surface area contributed by atoms with Gasteiger partial charge in [0.2, 0.25) is 70.9 Å². The lowest BCUT2D eigenvalue weighted by Crippen LogP contribution is -2.61. The SMILES string of the molecule is CC[C@H](C)[C@@H]1NC(=O)[C@H](C)N(C)C(=O)CC(C(=O)N2CCCC2)NC(=O)[C@H](CC(C)C)N(C)C(=O)[C@H](Cc2ccccc2)N(C)C(=O)[C@H](CC(C)C)NC(=O)[C@H](Cc2cccc(C#N)c2)NC(=O)CN(C)C(=O)[C@H](Cc2ccc(Cl)cc2)N(C)C(=O)CN(C)C(=O)CN(C)C1=O. The van der Waals surface area contributed by atoms with Crippen LogP contribution in [0.4, 0.5) is 0 Å². The van der Waals surface area contributed by atoms with E-state index < -0.39 is 151 Å². The summed E-state index contributed by atoms with van der Waals surface area (Å²) in [6.45, 7) is 11.3. The van der Waals surface area contributed by atoms with Gasteiger partial charge in [0.25, 0.3) is 0 Å². The number of benzene rings is 3. The summed E-state index contributed by atoms with van der Waals surface area (Å²) in [6, 6.07) is 13.3. The van der Waals surface area contributed by atoms with E-state index in [1.807, 2.05) is 27.7 Å². The van der Waals surface area contributed by atoms with Gasteiger partial charge in [-0.05, 0) is 91.3 Å². The molecule has 3 aromatic carbocycles. The lowest BCUT2D eigenvalue weighted by molar-refractivity contribution is -0.150. The fraction of sp³-hybridized carbons (Fsp3) is 0.557. The van der Waals surface area contributed by atoms with E-state index in [0.29, 0.717) is 54.1 Å². The van der Waals surface area contributed by atoms with Crippen molar-refractivity contribution in [3.05, 3.63) is 106 Å². The highest BCUT2D eigenvalue weighted by Crippen LogP contribution is 2.23. The Bertz CT molecular complexity index is 3300. The van der Waals surface area contributed by atoms with Crippen molar-refractivity contribution in [2.24, 2.45) is 17.8 Å². The van der Waals surface area contributed by atoms with E-state index in [1.54, 1.807) is 97.6 Å². The highest BCUT2D eigenvalue weighted by Gasteiger charge is 2.42. The van der Waals surface area contributed by atoms with Gasteiger partial charge in [-0.25, -0.2) is 0 Å². The Hall–Kier alpha value is -8.92. The minimum Gasteiger partial charge on any atom is -0.342 e. The number of nitriles is 1. The van der Waals surface area contributed by atoms with Crippen molar-refractivity contribution in [3.63, 3.8) is 0 Å². The topological polar surface area (TPSA) is 303 Å². The molecule has 0 radical (unpaired) electrons. The van der Waals surface area contributed by atoms with Crippen LogP contribution in [0.1, 0.15) is 109 Å². The van der Waals surface area contributed by atoms with Crippen LogP contribution in [0.3, 0.4) is 0 Å². The number of rotatable bonds is 13. The summed E-state index contributed by atoms with van der Waals surface area (Å²) in [7, 11) is 9.63. The van der Waals surface area contributed by atoms with Gasteiger partial charge in [-0.15, -0.1) is 0 Å². The molecule has 2 aliphatic heterocycles. The van der Waals surface area contributed by atoms with Gasteiger partial charge in [-0.2, -0.15) is 5.26 Å². The van der Waals surface area contributed by atoms with E-state index in [9.17, 15) is 48.4 Å². The maximum Gasteiger partial charge on any atom is 0.246 e. The van der Waals surface area contributed by atoms with Crippen molar-refractivity contribution in [3.8, 4) is 6.07 Å². The average Bonchev–Trinajstić information content (AvgIpc) is 0.907.